The van der Waals surface area contributed by atoms with Crippen LogP contribution in [0.2, 0.25) is 0 Å². The normalized spacial score (nSPS) is 17.5. The van der Waals surface area contributed by atoms with Gasteiger partial charge in [-0.05, 0) is 49.9 Å². The summed E-state index contributed by atoms with van der Waals surface area (Å²) >= 11 is 1.81. The number of hydrogen-bond acceptors (Lipinski definition) is 7. The predicted molar refractivity (Wildman–Crippen MR) is 105 cm³/mol. The van der Waals surface area contributed by atoms with Crippen LogP contribution in [-0.4, -0.2) is 26.4 Å². The van der Waals surface area contributed by atoms with Gasteiger partial charge in [0.25, 0.3) is 0 Å². The number of nitrogens with one attached hydrogen (secondary N) is 1. The summed E-state index contributed by atoms with van der Waals surface area (Å²) in [5, 5.41) is 5.35. The third-order valence-corrected chi connectivity index (χ3v) is 5.56. The standard InChI is InChI=1S/C19H22N6S/c1-13-6-8-14(9-7-13)21-19-23-17(22-18(20)24-19)12-25-10-2-4-15(25)16-5-3-11-26-16/h3,5-9,11,15H,2,4,10,12H2,1H3,(H3,20,21,22,23,24)/t15-/m1/s1. The number of aryl methyl sites for hydroxylation is 1. The number of aromatic nitrogens is 3. The summed E-state index contributed by atoms with van der Waals surface area (Å²) in [6.45, 7) is 3.79. The number of benzene rings is 1. The smallest absolute Gasteiger partial charge is 0.232 e. The molecule has 3 aromatic rings. The SMILES string of the molecule is Cc1ccc(Nc2nc(N)nc(CN3CCC[C@@H]3c3cccs3)n2)cc1. The number of anilines is 3. The molecule has 2 aromatic heterocycles. The molecule has 4 rings (SSSR count). The van der Waals surface area contributed by atoms with E-state index in [9.17, 15) is 0 Å². The monoisotopic (exact) mass is 366 g/mol. The lowest BCUT2D eigenvalue weighted by Crippen LogP contribution is -2.24. The Labute approximate surface area is 157 Å². The lowest BCUT2D eigenvalue weighted by molar-refractivity contribution is 0.245. The van der Waals surface area contributed by atoms with Crippen molar-refractivity contribution in [3.05, 3.63) is 58.0 Å². The molecule has 1 aliphatic heterocycles. The van der Waals surface area contributed by atoms with Crippen molar-refractivity contribution in [2.75, 3.05) is 17.6 Å². The Kier molecular flexibility index (Phi) is 4.81. The highest BCUT2D eigenvalue weighted by Gasteiger charge is 2.27. The van der Waals surface area contributed by atoms with Gasteiger partial charge >= 0.3 is 0 Å². The van der Waals surface area contributed by atoms with Crippen LogP contribution in [0.1, 0.15) is 35.1 Å². The van der Waals surface area contributed by atoms with E-state index in [0.717, 1.165) is 12.2 Å². The molecule has 0 aliphatic carbocycles. The van der Waals surface area contributed by atoms with Crippen LogP contribution < -0.4 is 11.1 Å². The second-order valence-corrected chi connectivity index (χ2v) is 7.55. The van der Waals surface area contributed by atoms with Crippen LogP contribution in [0.25, 0.3) is 0 Å². The van der Waals surface area contributed by atoms with Gasteiger partial charge in [-0.1, -0.05) is 23.8 Å². The first-order valence-corrected chi connectivity index (χ1v) is 9.67. The van der Waals surface area contributed by atoms with E-state index in [2.05, 4.69) is 49.6 Å². The fraction of sp³-hybridized carbons (Fsp3) is 0.316. The molecule has 1 saturated heterocycles. The van der Waals surface area contributed by atoms with Gasteiger partial charge in [0, 0.05) is 16.6 Å². The van der Waals surface area contributed by atoms with E-state index in [-0.39, 0.29) is 5.95 Å². The van der Waals surface area contributed by atoms with Gasteiger partial charge in [0.05, 0.1) is 6.54 Å². The van der Waals surface area contributed by atoms with E-state index in [1.54, 1.807) is 0 Å². The van der Waals surface area contributed by atoms with Crippen LogP contribution in [0.4, 0.5) is 17.6 Å². The van der Waals surface area contributed by atoms with Gasteiger partial charge in [-0.3, -0.25) is 4.90 Å². The molecule has 0 saturated carbocycles. The van der Waals surface area contributed by atoms with Gasteiger partial charge in [0.1, 0.15) is 5.82 Å². The highest BCUT2D eigenvalue weighted by atomic mass is 32.1. The zero-order chi connectivity index (χ0) is 17.9. The van der Waals surface area contributed by atoms with Gasteiger partial charge in [-0.2, -0.15) is 15.0 Å². The highest BCUT2D eigenvalue weighted by Crippen LogP contribution is 2.35. The maximum atomic E-state index is 5.92. The van der Waals surface area contributed by atoms with Crippen LogP contribution in [-0.2, 0) is 6.54 Å². The lowest BCUT2D eigenvalue weighted by Gasteiger charge is -2.22. The summed E-state index contributed by atoms with van der Waals surface area (Å²) < 4.78 is 0. The van der Waals surface area contributed by atoms with Crippen LogP contribution in [0.5, 0.6) is 0 Å². The molecule has 1 fully saturated rings. The first-order chi connectivity index (χ1) is 12.7. The Bertz CT molecular complexity index is 862. The average Bonchev–Trinajstić information content (AvgIpc) is 3.27. The summed E-state index contributed by atoms with van der Waals surface area (Å²) in [7, 11) is 0. The molecule has 0 radical (unpaired) electrons. The molecule has 134 valence electrons. The quantitative estimate of drug-likeness (QED) is 0.713. The van der Waals surface area contributed by atoms with E-state index >= 15 is 0 Å². The van der Waals surface area contributed by atoms with Crippen molar-refractivity contribution in [2.24, 2.45) is 0 Å². The van der Waals surface area contributed by atoms with Crippen molar-refractivity contribution in [1.82, 2.24) is 19.9 Å². The Morgan fingerprint density at radius 2 is 2.04 bits per heavy atom. The molecular formula is C19H22N6S. The van der Waals surface area contributed by atoms with E-state index in [4.69, 9.17) is 5.73 Å². The molecule has 1 aromatic carbocycles. The zero-order valence-corrected chi connectivity index (χ0v) is 15.5. The minimum Gasteiger partial charge on any atom is -0.368 e. The van der Waals surface area contributed by atoms with Crippen molar-refractivity contribution < 1.29 is 0 Å². The first kappa shape index (κ1) is 16.9. The van der Waals surface area contributed by atoms with Crippen molar-refractivity contribution >= 4 is 28.9 Å². The van der Waals surface area contributed by atoms with Crippen LogP contribution >= 0.6 is 11.3 Å². The van der Waals surface area contributed by atoms with Crippen molar-refractivity contribution in [2.45, 2.75) is 32.4 Å². The van der Waals surface area contributed by atoms with Crippen LogP contribution in [0.3, 0.4) is 0 Å². The molecule has 6 nitrogen and oxygen atoms in total. The molecule has 0 bridgehead atoms. The Morgan fingerprint density at radius 1 is 1.19 bits per heavy atom. The van der Waals surface area contributed by atoms with Gasteiger partial charge in [-0.25, -0.2) is 0 Å². The van der Waals surface area contributed by atoms with Crippen molar-refractivity contribution in [1.29, 1.82) is 0 Å². The molecule has 0 amide bonds. The van der Waals surface area contributed by atoms with E-state index < -0.39 is 0 Å². The molecule has 1 aliphatic rings. The molecule has 3 heterocycles. The Balaban J connectivity index is 1.51. The maximum Gasteiger partial charge on any atom is 0.232 e. The van der Waals surface area contributed by atoms with Crippen molar-refractivity contribution in [3.8, 4) is 0 Å². The number of rotatable bonds is 5. The number of nitrogen functional groups attached to an aromatic ring is 1. The molecular weight excluding hydrogens is 344 g/mol. The fourth-order valence-corrected chi connectivity index (χ4v) is 4.23. The number of thiophene rings is 1. The number of hydrogen-bond donors (Lipinski definition) is 2. The highest BCUT2D eigenvalue weighted by molar-refractivity contribution is 7.10. The molecule has 26 heavy (non-hydrogen) atoms. The van der Waals surface area contributed by atoms with Crippen LogP contribution in [0, 0.1) is 6.92 Å². The molecule has 3 N–H and O–H groups in total. The topological polar surface area (TPSA) is 80.0 Å². The lowest BCUT2D eigenvalue weighted by atomic mass is 10.2. The van der Waals surface area contributed by atoms with Gasteiger partial charge in [0.15, 0.2) is 0 Å². The minimum atomic E-state index is 0.247. The van der Waals surface area contributed by atoms with Crippen LogP contribution in [0.15, 0.2) is 41.8 Å². The summed E-state index contributed by atoms with van der Waals surface area (Å²) in [6, 6.07) is 12.9. The number of nitrogens with two attached hydrogens (primary N) is 1. The summed E-state index contributed by atoms with van der Waals surface area (Å²) in [5.41, 5.74) is 8.07. The Hall–Kier alpha value is -2.51. The number of likely N-dealkylation sites (tertiary alicyclic amines) is 1. The molecule has 0 unspecified atom stereocenters. The van der Waals surface area contributed by atoms with E-state index in [0.29, 0.717) is 24.4 Å². The third-order valence-electron chi connectivity index (χ3n) is 4.59. The third kappa shape index (κ3) is 3.84. The van der Waals surface area contributed by atoms with Gasteiger partial charge < -0.3 is 11.1 Å². The van der Waals surface area contributed by atoms with E-state index in [1.165, 1.54) is 23.3 Å². The summed E-state index contributed by atoms with van der Waals surface area (Å²) in [5.74, 6) is 1.44. The first-order valence-electron chi connectivity index (χ1n) is 8.79. The van der Waals surface area contributed by atoms with Crippen molar-refractivity contribution in [3.63, 3.8) is 0 Å². The minimum absolute atomic E-state index is 0.247. The average molecular weight is 366 g/mol. The maximum absolute atomic E-state index is 5.92. The zero-order valence-electron chi connectivity index (χ0n) is 14.7. The number of nitrogens with zero attached hydrogens (tertiary/aromatic N) is 4. The molecule has 1 atom stereocenters. The fourth-order valence-electron chi connectivity index (χ4n) is 3.33. The summed E-state index contributed by atoms with van der Waals surface area (Å²) in [4.78, 5) is 17.0. The largest absolute Gasteiger partial charge is 0.368 e. The Morgan fingerprint density at radius 3 is 2.81 bits per heavy atom. The second-order valence-electron chi connectivity index (χ2n) is 6.57. The van der Waals surface area contributed by atoms with E-state index in [1.807, 2.05) is 35.6 Å². The molecule has 7 heteroatoms. The summed E-state index contributed by atoms with van der Waals surface area (Å²) in [6.07, 6.45) is 2.37. The van der Waals surface area contributed by atoms with Gasteiger partial charge in [0.2, 0.25) is 11.9 Å². The second kappa shape index (κ2) is 7.39. The van der Waals surface area contributed by atoms with Gasteiger partial charge in [-0.15, -0.1) is 11.3 Å². The predicted octanol–water partition coefficient (Wildman–Crippen LogP) is 3.90. The molecule has 0 spiro atoms.